The maximum Gasteiger partial charge on any atom is 0.409 e. The molecule has 0 aliphatic carbocycles. The Morgan fingerprint density at radius 3 is 2.53 bits per heavy atom. The zero-order valence-corrected chi connectivity index (χ0v) is 11.3. The van der Waals surface area contributed by atoms with Gasteiger partial charge in [-0.05, 0) is 6.92 Å². The summed E-state index contributed by atoms with van der Waals surface area (Å²) < 4.78 is 10.4. The third kappa shape index (κ3) is 3.57. The van der Waals surface area contributed by atoms with Crippen LogP contribution in [0.25, 0.3) is 0 Å². The third-order valence-electron chi connectivity index (χ3n) is 3.32. The van der Waals surface area contributed by atoms with Gasteiger partial charge in [-0.25, -0.2) is 4.79 Å². The molecule has 7 heteroatoms. The second-order valence-corrected chi connectivity index (χ2v) is 4.57. The Balaban J connectivity index is 1.79. The fraction of sp³-hybridized carbons (Fsp3) is 0.833. The van der Waals surface area contributed by atoms with Gasteiger partial charge in [0.05, 0.1) is 13.2 Å². The maximum atomic E-state index is 12.2. The maximum absolute atomic E-state index is 12.2. The first-order valence-electron chi connectivity index (χ1n) is 6.75. The van der Waals surface area contributed by atoms with Crippen LogP contribution in [0.5, 0.6) is 0 Å². The van der Waals surface area contributed by atoms with E-state index in [-0.39, 0.29) is 18.1 Å². The first-order valence-corrected chi connectivity index (χ1v) is 6.75. The molecule has 0 bridgehead atoms. The van der Waals surface area contributed by atoms with Crippen LogP contribution >= 0.6 is 0 Å². The van der Waals surface area contributed by atoms with E-state index in [9.17, 15) is 9.59 Å². The molecule has 2 aliphatic rings. The highest BCUT2D eigenvalue weighted by Crippen LogP contribution is 2.08. The Morgan fingerprint density at radius 1 is 1.26 bits per heavy atom. The average Bonchev–Trinajstić information content (AvgIpc) is 2.48. The quantitative estimate of drug-likeness (QED) is 0.717. The van der Waals surface area contributed by atoms with Gasteiger partial charge >= 0.3 is 6.09 Å². The lowest BCUT2D eigenvalue weighted by atomic mass is 10.2. The van der Waals surface area contributed by atoms with Gasteiger partial charge in [0.1, 0.15) is 6.10 Å². The summed E-state index contributed by atoms with van der Waals surface area (Å²) in [6.45, 7) is 6.20. The van der Waals surface area contributed by atoms with Crippen molar-refractivity contribution in [1.29, 1.82) is 0 Å². The molecule has 2 aliphatic heterocycles. The van der Waals surface area contributed by atoms with E-state index in [1.54, 1.807) is 16.7 Å². The minimum Gasteiger partial charge on any atom is -0.450 e. The van der Waals surface area contributed by atoms with Crippen molar-refractivity contribution in [2.75, 3.05) is 52.5 Å². The van der Waals surface area contributed by atoms with Crippen LogP contribution in [0.15, 0.2) is 0 Å². The number of amides is 2. The molecule has 0 aromatic heterocycles. The van der Waals surface area contributed by atoms with E-state index in [4.69, 9.17) is 9.47 Å². The van der Waals surface area contributed by atoms with Gasteiger partial charge in [0.2, 0.25) is 0 Å². The number of ether oxygens (including phenoxy) is 2. The molecule has 0 spiro atoms. The molecular weight excluding hydrogens is 250 g/mol. The number of nitrogens with one attached hydrogen (secondary N) is 1. The van der Waals surface area contributed by atoms with Crippen LogP contribution < -0.4 is 5.32 Å². The van der Waals surface area contributed by atoms with Gasteiger partial charge < -0.3 is 24.6 Å². The topological polar surface area (TPSA) is 71.1 Å². The van der Waals surface area contributed by atoms with Crippen molar-refractivity contribution >= 4 is 12.0 Å². The normalized spacial score (nSPS) is 24.2. The SMILES string of the molecule is CCOC(=O)N1CCN(C(=O)C2CNCCO2)CC1. The lowest BCUT2D eigenvalue weighted by Crippen LogP contribution is -2.56. The smallest absolute Gasteiger partial charge is 0.409 e. The van der Waals surface area contributed by atoms with E-state index in [0.29, 0.717) is 45.9 Å². The molecule has 2 heterocycles. The molecule has 1 unspecified atom stereocenters. The molecule has 2 amide bonds. The Kier molecular flexibility index (Phi) is 4.98. The van der Waals surface area contributed by atoms with Crippen molar-refractivity contribution in [3.63, 3.8) is 0 Å². The van der Waals surface area contributed by atoms with E-state index >= 15 is 0 Å². The van der Waals surface area contributed by atoms with Crippen molar-refractivity contribution in [2.45, 2.75) is 13.0 Å². The molecule has 2 fully saturated rings. The number of carbonyl (C=O) groups is 2. The zero-order valence-electron chi connectivity index (χ0n) is 11.3. The number of piperazine rings is 1. The average molecular weight is 271 g/mol. The van der Waals surface area contributed by atoms with E-state index in [1.165, 1.54) is 0 Å². The molecular formula is C12H21N3O4. The molecule has 0 radical (unpaired) electrons. The van der Waals surface area contributed by atoms with Gasteiger partial charge in [-0.15, -0.1) is 0 Å². The first kappa shape index (κ1) is 14.1. The Hall–Kier alpha value is -1.34. The van der Waals surface area contributed by atoms with Crippen molar-refractivity contribution in [1.82, 2.24) is 15.1 Å². The molecule has 19 heavy (non-hydrogen) atoms. The van der Waals surface area contributed by atoms with Crippen molar-refractivity contribution < 1.29 is 19.1 Å². The predicted molar refractivity (Wildman–Crippen MR) is 67.8 cm³/mol. The fourth-order valence-electron chi connectivity index (χ4n) is 2.25. The van der Waals surface area contributed by atoms with E-state index < -0.39 is 0 Å². The number of nitrogens with zero attached hydrogens (tertiary/aromatic N) is 2. The van der Waals surface area contributed by atoms with Gasteiger partial charge in [0.25, 0.3) is 5.91 Å². The number of carbonyl (C=O) groups excluding carboxylic acids is 2. The monoisotopic (exact) mass is 271 g/mol. The van der Waals surface area contributed by atoms with Gasteiger partial charge in [-0.1, -0.05) is 0 Å². The van der Waals surface area contributed by atoms with Crippen LogP contribution in [0.3, 0.4) is 0 Å². The van der Waals surface area contributed by atoms with Crippen LogP contribution in [-0.4, -0.2) is 80.4 Å². The number of hydrogen-bond acceptors (Lipinski definition) is 5. The number of hydrogen-bond donors (Lipinski definition) is 1. The first-order chi connectivity index (χ1) is 9.22. The molecule has 1 N–H and O–H groups in total. The summed E-state index contributed by atoms with van der Waals surface area (Å²) in [5, 5.41) is 3.14. The molecule has 1 atom stereocenters. The highest BCUT2D eigenvalue weighted by atomic mass is 16.6. The highest BCUT2D eigenvalue weighted by molar-refractivity contribution is 5.81. The van der Waals surface area contributed by atoms with Crippen LogP contribution in [0.4, 0.5) is 4.79 Å². The third-order valence-corrected chi connectivity index (χ3v) is 3.32. The Labute approximate surface area is 112 Å². The molecule has 7 nitrogen and oxygen atoms in total. The number of rotatable bonds is 2. The van der Waals surface area contributed by atoms with Crippen LogP contribution in [0, 0.1) is 0 Å². The summed E-state index contributed by atoms with van der Waals surface area (Å²) in [6, 6.07) is 0. The van der Waals surface area contributed by atoms with E-state index in [2.05, 4.69) is 5.32 Å². The van der Waals surface area contributed by atoms with Crippen molar-refractivity contribution in [2.24, 2.45) is 0 Å². The summed E-state index contributed by atoms with van der Waals surface area (Å²) in [5.41, 5.74) is 0. The molecule has 2 rings (SSSR count). The molecule has 0 saturated carbocycles. The minimum atomic E-state index is -0.386. The largest absolute Gasteiger partial charge is 0.450 e. The van der Waals surface area contributed by atoms with Gasteiger partial charge in [0, 0.05) is 39.3 Å². The predicted octanol–water partition coefficient (Wildman–Crippen LogP) is -0.724. The second kappa shape index (κ2) is 6.72. The van der Waals surface area contributed by atoms with Crippen LogP contribution in [-0.2, 0) is 14.3 Å². The van der Waals surface area contributed by atoms with Crippen molar-refractivity contribution in [3.05, 3.63) is 0 Å². The fourth-order valence-corrected chi connectivity index (χ4v) is 2.25. The van der Waals surface area contributed by atoms with E-state index in [1.807, 2.05) is 0 Å². The summed E-state index contributed by atoms with van der Waals surface area (Å²) in [5.74, 6) is 0.00992. The minimum absolute atomic E-state index is 0.00992. The summed E-state index contributed by atoms with van der Waals surface area (Å²) in [6.07, 6.45) is -0.687. The highest BCUT2D eigenvalue weighted by Gasteiger charge is 2.30. The zero-order chi connectivity index (χ0) is 13.7. The second-order valence-electron chi connectivity index (χ2n) is 4.57. The molecule has 0 aromatic rings. The van der Waals surface area contributed by atoms with E-state index in [0.717, 1.165) is 6.54 Å². The van der Waals surface area contributed by atoms with Gasteiger partial charge in [-0.3, -0.25) is 4.79 Å². The van der Waals surface area contributed by atoms with Crippen LogP contribution in [0.1, 0.15) is 6.92 Å². The van der Waals surface area contributed by atoms with Gasteiger partial charge in [-0.2, -0.15) is 0 Å². The van der Waals surface area contributed by atoms with Gasteiger partial charge in [0.15, 0.2) is 0 Å². The molecule has 2 saturated heterocycles. The summed E-state index contributed by atoms with van der Waals surface area (Å²) in [4.78, 5) is 27.1. The lowest BCUT2D eigenvalue weighted by molar-refractivity contribution is -0.146. The Morgan fingerprint density at radius 2 is 1.95 bits per heavy atom. The lowest BCUT2D eigenvalue weighted by Gasteiger charge is -2.36. The molecule has 108 valence electrons. The summed E-state index contributed by atoms with van der Waals surface area (Å²) in [7, 11) is 0. The summed E-state index contributed by atoms with van der Waals surface area (Å²) >= 11 is 0. The molecule has 0 aromatic carbocycles. The standard InChI is InChI=1S/C12H21N3O4/c1-2-18-12(17)15-6-4-14(5-7-15)11(16)10-9-13-3-8-19-10/h10,13H,2-9H2,1H3. The van der Waals surface area contributed by atoms with Crippen LogP contribution in [0.2, 0.25) is 0 Å². The Bertz CT molecular complexity index is 323. The van der Waals surface area contributed by atoms with Crippen molar-refractivity contribution in [3.8, 4) is 0 Å². The number of morpholine rings is 1.